The SMILES string of the molecule is COC[C@@H]1CCCN(C(=O)CC#N)C1. The summed E-state index contributed by atoms with van der Waals surface area (Å²) in [7, 11) is 1.68. The van der Waals surface area contributed by atoms with Gasteiger partial charge in [-0.3, -0.25) is 4.79 Å². The second kappa shape index (κ2) is 5.61. The molecule has 1 aliphatic heterocycles. The molecule has 1 atom stereocenters. The minimum atomic E-state index is -0.0479. The minimum Gasteiger partial charge on any atom is -0.384 e. The molecule has 0 N–H and O–H groups in total. The summed E-state index contributed by atoms with van der Waals surface area (Å²) in [4.78, 5) is 13.2. The van der Waals surface area contributed by atoms with Crippen LogP contribution in [0.25, 0.3) is 0 Å². The van der Waals surface area contributed by atoms with Crippen LogP contribution in [0, 0.1) is 17.2 Å². The lowest BCUT2D eigenvalue weighted by Crippen LogP contribution is -2.40. The number of carbonyl (C=O) groups excluding carboxylic acids is 1. The molecular weight excluding hydrogens is 180 g/mol. The highest BCUT2D eigenvalue weighted by atomic mass is 16.5. The van der Waals surface area contributed by atoms with Crippen molar-refractivity contribution in [2.75, 3.05) is 26.8 Å². The van der Waals surface area contributed by atoms with Crippen LogP contribution in [-0.4, -0.2) is 37.6 Å². The number of piperidine rings is 1. The van der Waals surface area contributed by atoms with E-state index in [-0.39, 0.29) is 12.3 Å². The average molecular weight is 196 g/mol. The van der Waals surface area contributed by atoms with E-state index in [0.717, 1.165) is 25.9 Å². The molecule has 14 heavy (non-hydrogen) atoms. The van der Waals surface area contributed by atoms with Crippen molar-refractivity contribution in [1.29, 1.82) is 5.26 Å². The summed E-state index contributed by atoms with van der Waals surface area (Å²) < 4.78 is 5.07. The summed E-state index contributed by atoms with van der Waals surface area (Å²) in [6, 6.07) is 1.89. The molecule has 4 heteroatoms. The third-order valence-electron chi connectivity index (χ3n) is 2.50. The van der Waals surface area contributed by atoms with E-state index >= 15 is 0 Å². The number of nitriles is 1. The number of amides is 1. The van der Waals surface area contributed by atoms with Crippen molar-refractivity contribution in [3.8, 4) is 6.07 Å². The summed E-state index contributed by atoms with van der Waals surface area (Å²) >= 11 is 0. The maximum absolute atomic E-state index is 11.4. The molecule has 0 spiro atoms. The molecule has 1 heterocycles. The predicted molar refractivity (Wildman–Crippen MR) is 51.4 cm³/mol. The fourth-order valence-corrected chi connectivity index (χ4v) is 1.84. The van der Waals surface area contributed by atoms with E-state index in [0.29, 0.717) is 12.5 Å². The van der Waals surface area contributed by atoms with Crippen molar-refractivity contribution in [3.63, 3.8) is 0 Å². The van der Waals surface area contributed by atoms with E-state index < -0.39 is 0 Å². The molecule has 0 aliphatic carbocycles. The van der Waals surface area contributed by atoms with Crippen molar-refractivity contribution in [3.05, 3.63) is 0 Å². The van der Waals surface area contributed by atoms with Crippen LogP contribution in [0.15, 0.2) is 0 Å². The summed E-state index contributed by atoms with van der Waals surface area (Å²) in [5.41, 5.74) is 0. The first-order chi connectivity index (χ1) is 6.77. The average Bonchev–Trinajstić information content (AvgIpc) is 2.19. The molecule has 0 bridgehead atoms. The fraction of sp³-hybridized carbons (Fsp3) is 0.800. The lowest BCUT2D eigenvalue weighted by Gasteiger charge is -2.31. The van der Waals surface area contributed by atoms with Crippen LogP contribution in [0.4, 0.5) is 0 Å². The van der Waals surface area contributed by atoms with Crippen LogP contribution in [0.1, 0.15) is 19.3 Å². The van der Waals surface area contributed by atoms with Gasteiger partial charge in [-0.1, -0.05) is 0 Å². The summed E-state index contributed by atoms with van der Waals surface area (Å²) in [6.45, 7) is 2.24. The van der Waals surface area contributed by atoms with Crippen LogP contribution in [0.3, 0.4) is 0 Å². The van der Waals surface area contributed by atoms with E-state index in [9.17, 15) is 4.79 Å². The molecule has 78 valence electrons. The van der Waals surface area contributed by atoms with Crippen LogP contribution in [0.5, 0.6) is 0 Å². The molecule has 4 nitrogen and oxygen atoms in total. The van der Waals surface area contributed by atoms with E-state index in [1.54, 1.807) is 12.0 Å². The number of nitrogens with zero attached hydrogens (tertiary/aromatic N) is 2. The first-order valence-electron chi connectivity index (χ1n) is 4.91. The lowest BCUT2D eigenvalue weighted by atomic mass is 9.99. The predicted octanol–water partition coefficient (Wildman–Crippen LogP) is 0.785. The summed E-state index contributed by atoms with van der Waals surface area (Å²) in [6.07, 6.45) is 2.13. The van der Waals surface area contributed by atoms with Crippen molar-refractivity contribution in [2.24, 2.45) is 5.92 Å². The third-order valence-corrected chi connectivity index (χ3v) is 2.50. The smallest absolute Gasteiger partial charge is 0.236 e. The number of carbonyl (C=O) groups is 1. The van der Waals surface area contributed by atoms with E-state index in [2.05, 4.69) is 0 Å². The van der Waals surface area contributed by atoms with E-state index in [1.807, 2.05) is 6.07 Å². The van der Waals surface area contributed by atoms with Crippen LogP contribution in [0.2, 0.25) is 0 Å². The Morgan fingerprint density at radius 2 is 2.50 bits per heavy atom. The minimum absolute atomic E-state index is 0.000295. The first kappa shape index (κ1) is 11.0. The Morgan fingerprint density at radius 3 is 3.14 bits per heavy atom. The van der Waals surface area contributed by atoms with Gasteiger partial charge in [0.1, 0.15) is 6.42 Å². The molecule has 1 amide bonds. The molecule has 1 fully saturated rings. The van der Waals surface area contributed by atoms with Crippen molar-refractivity contribution < 1.29 is 9.53 Å². The summed E-state index contributed by atoms with van der Waals surface area (Å²) in [5, 5.41) is 8.41. The molecule has 1 rings (SSSR count). The second-order valence-electron chi connectivity index (χ2n) is 3.64. The van der Waals surface area contributed by atoms with Gasteiger partial charge in [0.25, 0.3) is 0 Å². The van der Waals surface area contributed by atoms with Gasteiger partial charge in [0, 0.05) is 20.2 Å². The maximum atomic E-state index is 11.4. The van der Waals surface area contributed by atoms with Gasteiger partial charge in [0.2, 0.25) is 5.91 Å². The summed E-state index contributed by atoms with van der Waals surface area (Å²) in [5.74, 6) is 0.393. The molecular formula is C10H16N2O2. The third kappa shape index (κ3) is 3.00. The molecule has 0 aromatic carbocycles. The Hall–Kier alpha value is -1.08. The Bertz CT molecular complexity index is 233. The van der Waals surface area contributed by atoms with E-state index in [1.165, 1.54) is 0 Å². The molecule has 0 unspecified atom stereocenters. The Kier molecular flexibility index (Phi) is 4.41. The van der Waals surface area contributed by atoms with Crippen LogP contribution >= 0.6 is 0 Å². The van der Waals surface area contributed by atoms with Crippen molar-refractivity contribution in [2.45, 2.75) is 19.3 Å². The van der Waals surface area contributed by atoms with Gasteiger partial charge in [0.15, 0.2) is 0 Å². The van der Waals surface area contributed by atoms with Gasteiger partial charge in [0.05, 0.1) is 12.7 Å². The largest absolute Gasteiger partial charge is 0.384 e. The zero-order valence-electron chi connectivity index (χ0n) is 8.53. The Morgan fingerprint density at radius 1 is 1.71 bits per heavy atom. The number of methoxy groups -OCH3 is 1. The Labute approximate surface area is 84.4 Å². The van der Waals surface area contributed by atoms with Gasteiger partial charge < -0.3 is 9.64 Å². The number of rotatable bonds is 3. The van der Waals surface area contributed by atoms with Crippen molar-refractivity contribution >= 4 is 5.91 Å². The van der Waals surface area contributed by atoms with Crippen molar-refractivity contribution in [1.82, 2.24) is 4.90 Å². The fourth-order valence-electron chi connectivity index (χ4n) is 1.84. The zero-order chi connectivity index (χ0) is 10.4. The molecule has 1 saturated heterocycles. The Balaban J connectivity index is 2.40. The highest BCUT2D eigenvalue weighted by molar-refractivity contribution is 5.78. The highest BCUT2D eigenvalue weighted by Gasteiger charge is 2.22. The van der Waals surface area contributed by atoms with Gasteiger partial charge in [-0.15, -0.1) is 0 Å². The number of hydrogen-bond acceptors (Lipinski definition) is 3. The molecule has 0 radical (unpaired) electrons. The lowest BCUT2D eigenvalue weighted by molar-refractivity contribution is -0.132. The van der Waals surface area contributed by atoms with E-state index in [4.69, 9.17) is 10.00 Å². The second-order valence-corrected chi connectivity index (χ2v) is 3.64. The van der Waals surface area contributed by atoms with Gasteiger partial charge in [-0.2, -0.15) is 5.26 Å². The van der Waals surface area contributed by atoms with Gasteiger partial charge in [-0.25, -0.2) is 0 Å². The van der Waals surface area contributed by atoms with Gasteiger partial charge in [-0.05, 0) is 18.8 Å². The first-order valence-corrected chi connectivity index (χ1v) is 4.91. The quantitative estimate of drug-likeness (QED) is 0.670. The number of ether oxygens (including phenoxy) is 1. The standard InChI is InChI=1S/C10H16N2O2/c1-14-8-9-3-2-6-12(7-9)10(13)4-5-11/h9H,2-4,6-8H2,1H3/t9-/m1/s1. The number of likely N-dealkylation sites (tertiary alicyclic amines) is 1. The number of hydrogen-bond donors (Lipinski definition) is 0. The zero-order valence-corrected chi connectivity index (χ0v) is 8.53. The monoisotopic (exact) mass is 196 g/mol. The molecule has 0 aromatic heterocycles. The molecule has 1 aliphatic rings. The maximum Gasteiger partial charge on any atom is 0.236 e. The molecule has 0 aromatic rings. The normalized spacial score (nSPS) is 21.7. The topological polar surface area (TPSA) is 53.3 Å². The van der Waals surface area contributed by atoms with Gasteiger partial charge >= 0.3 is 0 Å². The highest BCUT2D eigenvalue weighted by Crippen LogP contribution is 2.17. The van der Waals surface area contributed by atoms with Crippen LogP contribution in [-0.2, 0) is 9.53 Å². The molecule has 0 saturated carbocycles. The van der Waals surface area contributed by atoms with Crippen LogP contribution < -0.4 is 0 Å².